The molecule has 0 aliphatic rings. The van der Waals surface area contributed by atoms with Crippen LogP contribution in [0.4, 0.5) is 0 Å². The lowest BCUT2D eigenvalue weighted by molar-refractivity contribution is 0.499. The normalized spacial score (nSPS) is 12.7. The fraction of sp³-hybridized carbons (Fsp3) is 0.273. The van der Waals surface area contributed by atoms with Crippen molar-refractivity contribution in [3.05, 3.63) is 47.4 Å². The molecule has 1 atom stereocenters. The molecule has 2 aromatic heterocycles. The molecule has 0 saturated carbocycles. The molecule has 15 heavy (non-hydrogen) atoms. The number of nitrogens with two attached hydrogens (primary N) is 1. The summed E-state index contributed by atoms with van der Waals surface area (Å²) >= 11 is 0. The number of rotatable bonds is 2. The maximum atomic E-state index is 6.07. The molecule has 0 saturated heterocycles. The van der Waals surface area contributed by atoms with Gasteiger partial charge in [-0.3, -0.25) is 9.97 Å². The number of aromatic nitrogens is 2. The first-order valence-electron chi connectivity index (χ1n) is 4.77. The molecule has 0 aliphatic carbocycles. The maximum absolute atomic E-state index is 6.07. The highest BCUT2D eigenvalue weighted by Gasteiger charge is 2.15. The molecule has 0 bridgehead atoms. The standard InChI is InChI=1S/C11H13N3O/c1-7-5-9(8(2)15-7)11(12)10-6-13-3-4-14-10/h3-6,11H,12H2,1-2H3. The van der Waals surface area contributed by atoms with Crippen LogP contribution >= 0.6 is 0 Å². The molecule has 78 valence electrons. The van der Waals surface area contributed by atoms with Gasteiger partial charge in [0.25, 0.3) is 0 Å². The van der Waals surface area contributed by atoms with Crippen LogP contribution in [0.15, 0.2) is 29.1 Å². The fourth-order valence-electron chi connectivity index (χ4n) is 1.59. The summed E-state index contributed by atoms with van der Waals surface area (Å²) in [6.45, 7) is 3.80. The van der Waals surface area contributed by atoms with Gasteiger partial charge in [-0.15, -0.1) is 0 Å². The van der Waals surface area contributed by atoms with E-state index in [1.54, 1.807) is 18.6 Å². The Morgan fingerprint density at radius 3 is 2.67 bits per heavy atom. The average Bonchev–Trinajstić information content (AvgIpc) is 2.58. The van der Waals surface area contributed by atoms with E-state index in [0.717, 1.165) is 22.8 Å². The third-order valence-corrected chi connectivity index (χ3v) is 2.32. The van der Waals surface area contributed by atoms with E-state index in [2.05, 4.69) is 9.97 Å². The van der Waals surface area contributed by atoms with Crippen LogP contribution < -0.4 is 5.73 Å². The summed E-state index contributed by atoms with van der Waals surface area (Å²) < 4.78 is 5.43. The van der Waals surface area contributed by atoms with Crippen LogP contribution in [0, 0.1) is 13.8 Å². The molecule has 2 heterocycles. The summed E-state index contributed by atoms with van der Waals surface area (Å²) in [6.07, 6.45) is 4.94. The van der Waals surface area contributed by atoms with Crippen LogP contribution in [0.2, 0.25) is 0 Å². The van der Waals surface area contributed by atoms with Gasteiger partial charge in [0.15, 0.2) is 0 Å². The van der Waals surface area contributed by atoms with E-state index in [4.69, 9.17) is 10.2 Å². The summed E-state index contributed by atoms with van der Waals surface area (Å²) in [7, 11) is 0. The van der Waals surface area contributed by atoms with Gasteiger partial charge in [-0.25, -0.2) is 0 Å². The van der Waals surface area contributed by atoms with Gasteiger partial charge in [0, 0.05) is 18.0 Å². The van der Waals surface area contributed by atoms with Crippen molar-refractivity contribution in [2.75, 3.05) is 0 Å². The maximum Gasteiger partial charge on any atom is 0.106 e. The second-order valence-corrected chi connectivity index (χ2v) is 3.48. The van der Waals surface area contributed by atoms with Crippen molar-refractivity contribution in [3.8, 4) is 0 Å². The largest absolute Gasteiger partial charge is 0.466 e. The number of hydrogen-bond donors (Lipinski definition) is 1. The van der Waals surface area contributed by atoms with Crippen molar-refractivity contribution in [2.24, 2.45) is 5.73 Å². The van der Waals surface area contributed by atoms with Gasteiger partial charge >= 0.3 is 0 Å². The van der Waals surface area contributed by atoms with Crippen molar-refractivity contribution in [2.45, 2.75) is 19.9 Å². The Bertz CT molecular complexity index is 450. The third kappa shape index (κ3) is 1.89. The molecule has 2 N–H and O–H groups in total. The monoisotopic (exact) mass is 203 g/mol. The van der Waals surface area contributed by atoms with Gasteiger partial charge in [0.2, 0.25) is 0 Å². The van der Waals surface area contributed by atoms with Crippen LogP contribution in [-0.4, -0.2) is 9.97 Å². The molecule has 1 unspecified atom stereocenters. The minimum Gasteiger partial charge on any atom is -0.466 e. The molecule has 2 aromatic rings. The van der Waals surface area contributed by atoms with Crippen LogP contribution in [0.3, 0.4) is 0 Å². The summed E-state index contributed by atoms with van der Waals surface area (Å²) in [5.41, 5.74) is 7.79. The minimum absolute atomic E-state index is 0.267. The number of furan rings is 1. The summed E-state index contributed by atoms with van der Waals surface area (Å²) in [5.74, 6) is 1.70. The van der Waals surface area contributed by atoms with E-state index in [0.29, 0.717) is 0 Å². The van der Waals surface area contributed by atoms with E-state index in [9.17, 15) is 0 Å². The number of hydrogen-bond acceptors (Lipinski definition) is 4. The predicted octanol–water partition coefficient (Wildman–Crippen LogP) is 1.73. The Morgan fingerprint density at radius 1 is 1.33 bits per heavy atom. The highest BCUT2D eigenvalue weighted by atomic mass is 16.3. The van der Waals surface area contributed by atoms with Crippen LogP contribution in [-0.2, 0) is 0 Å². The summed E-state index contributed by atoms with van der Waals surface area (Å²) in [5, 5.41) is 0. The Morgan fingerprint density at radius 2 is 2.13 bits per heavy atom. The van der Waals surface area contributed by atoms with Crippen molar-refractivity contribution in [3.63, 3.8) is 0 Å². The zero-order valence-corrected chi connectivity index (χ0v) is 8.77. The quantitative estimate of drug-likeness (QED) is 0.807. The summed E-state index contributed by atoms with van der Waals surface area (Å²) in [4.78, 5) is 8.17. The van der Waals surface area contributed by atoms with Gasteiger partial charge in [-0.1, -0.05) is 0 Å². The first kappa shape index (κ1) is 9.86. The van der Waals surface area contributed by atoms with Gasteiger partial charge in [-0.2, -0.15) is 0 Å². The van der Waals surface area contributed by atoms with Crippen molar-refractivity contribution in [1.82, 2.24) is 9.97 Å². The molecular formula is C11H13N3O. The highest BCUT2D eigenvalue weighted by Crippen LogP contribution is 2.23. The molecule has 2 rings (SSSR count). The first-order chi connectivity index (χ1) is 7.18. The van der Waals surface area contributed by atoms with E-state index >= 15 is 0 Å². The second-order valence-electron chi connectivity index (χ2n) is 3.48. The van der Waals surface area contributed by atoms with Crippen molar-refractivity contribution < 1.29 is 4.42 Å². The molecule has 0 amide bonds. The number of aryl methyl sites for hydroxylation is 2. The van der Waals surface area contributed by atoms with Gasteiger partial charge in [-0.05, 0) is 19.9 Å². The Kier molecular flexibility index (Phi) is 2.51. The zero-order chi connectivity index (χ0) is 10.8. The van der Waals surface area contributed by atoms with E-state index in [-0.39, 0.29) is 6.04 Å². The van der Waals surface area contributed by atoms with E-state index in [1.165, 1.54) is 0 Å². The SMILES string of the molecule is Cc1cc(C(N)c2cnccn2)c(C)o1. The van der Waals surface area contributed by atoms with Gasteiger partial charge in [0.05, 0.1) is 17.9 Å². The smallest absolute Gasteiger partial charge is 0.106 e. The fourth-order valence-corrected chi connectivity index (χ4v) is 1.59. The van der Waals surface area contributed by atoms with Crippen molar-refractivity contribution in [1.29, 1.82) is 0 Å². The lowest BCUT2D eigenvalue weighted by Gasteiger charge is -2.08. The van der Waals surface area contributed by atoms with Crippen LogP contribution in [0.25, 0.3) is 0 Å². The first-order valence-corrected chi connectivity index (χ1v) is 4.77. The predicted molar refractivity (Wildman–Crippen MR) is 56.2 cm³/mol. The molecule has 0 aliphatic heterocycles. The zero-order valence-electron chi connectivity index (χ0n) is 8.77. The lowest BCUT2D eigenvalue weighted by Crippen LogP contribution is -2.13. The highest BCUT2D eigenvalue weighted by molar-refractivity contribution is 5.29. The molecule has 0 fully saturated rings. The van der Waals surface area contributed by atoms with E-state index in [1.807, 2.05) is 19.9 Å². The molecular weight excluding hydrogens is 190 g/mol. The molecule has 0 aromatic carbocycles. The molecule has 0 spiro atoms. The van der Waals surface area contributed by atoms with Crippen molar-refractivity contribution >= 4 is 0 Å². The molecule has 4 nitrogen and oxygen atoms in total. The Balaban J connectivity index is 2.36. The van der Waals surface area contributed by atoms with Gasteiger partial charge < -0.3 is 10.2 Å². The van der Waals surface area contributed by atoms with Crippen LogP contribution in [0.1, 0.15) is 28.8 Å². The molecule has 4 heteroatoms. The third-order valence-electron chi connectivity index (χ3n) is 2.32. The van der Waals surface area contributed by atoms with Gasteiger partial charge in [0.1, 0.15) is 11.5 Å². The lowest BCUT2D eigenvalue weighted by atomic mass is 10.1. The Hall–Kier alpha value is -1.68. The Labute approximate surface area is 88.2 Å². The van der Waals surface area contributed by atoms with E-state index < -0.39 is 0 Å². The number of nitrogens with zero attached hydrogens (tertiary/aromatic N) is 2. The molecule has 0 radical (unpaired) electrons. The average molecular weight is 203 g/mol. The minimum atomic E-state index is -0.267. The summed E-state index contributed by atoms with van der Waals surface area (Å²) in [6, 6.07) is 1.67. The second kappa shape index (κ2) is 3.82. The van der Waals surface area contributed by atoms with Crippen LogP contribution in [0.5, 0.6) is 0 Å². The topological polar surface area (TPSA) is 64.9 Å².